The quantitative estimate of drug-likeness (QED) is 0.782. The average molecular weight is 312 g/mol. The summed E-state index contributed by atoms with van der Waals surface area (Å²) < 4.78 is 0. The van der Waals surface area contributed by atoms with E-state index >= 15 is 0 Å². The van der Waals surface area contributed by atoms with E-state index in [4.69, 9.17) is 0 Å². The second-order valence-electron chi connectivity index (χ2n) is 7.35. The number of amides is 2. The first-order chi connectivity index (χ1) is 10.2. The number of carbonyl (C=O) groups excluding carboxylic acids is 2. The molecule has 0 bridgehead atoms. The Kier molecular flexibility index (Phi) is 6.85. The maximum absolute atomic E-state index is 13.0. The first kappa shape index (κ1) is 18.9. The molecular formula is C17H32N2O3. The van der Waals surface area contributed by atoms with Crippen molar-refractivity contribution in [2.45, 2.75) is 71.9 Å². The number of aliphatic hydroxyl groups is 1. The van der Waals surface area contributed by atoms with Crippen LogP contribution in [-0.2, 0) is 9.59 Å². The van der Waals surface area contributed by atoms with Crippen LogP contribution in [0.2, 0.25) is 0 Å². The second kappa shape index (κ2) is 7.95. The fourth-order valence-electron chi connectivity index (χ4n) is 2.99. The number of likely N-dealkylation sites (tertiary alicyclic amines) is 1. The molecule has 0 saturated carbocycles. The maximum Gasteiger partial charge on any atom is 0.245 e. The van der Waals surface area contributed by atoms with Crippen molar-refractivity contribution in [1.29, 1.82) is 0 Å². The summed E-state index contributed by atoms with van der Waals surface area (Å²) >= 11 is 0. The van der Waals surface area contributed by atoms with Gasteiger partial charge in [-0.2, -0.15) is 0 Å². The van der Waals surface area contributed by atoms with Gasteiger partial charge in [0.1, 0.15) is 6.04 Å². The lowest BCUT2D eigenvalue weighted by Crippen LogP contribution is -2.55. The third kappa shape index (κ3) is 5.59. The Hall–Kier alpha value is -1.10. The Morgan fingerprint density at radius 3 is 2.45 bits per heavy atom. The van der Waals surface area contributed by atoms with Crippen molar-refractivity contribution in [3.05, 3.63) is 0 Å². The molecule has 0 radical (unpaired) electrons. The highest BCUT2D eigenvalue weighted by molar-refractivity contribution is 5.88. The molecule has 1 atom stereocenters. The van der Waals surface area contributed by atoms with E-state index in [9.17, 15) is 14.7 Å². The summed E-state index contributed by atoms with van der Waals surface area (Å²) in [6.07, 6.45) is 3.09. The molecule has 1 fully saturated rings. The van der Waals surface area contributed by atoms with Crippen LogP contribution < -0.4 is 0 Å². The molecule has 2 amide bonds. The molecule has 1 N–H and O–H groups in total. The number of carbonyl (C=O) groups is 2. The highest BCUT2D eigenvalue weighted by Gasteiger charge is 2.35. The van der Waals surface area contributed by atoms with E-state index in [1.165, 1.54) is 0 Å². The molecular weight excluding hydrogens is 280 g/mol. The molecule has 0 aromatic carbocycles. The molecule has 0 aromatic heterocycles. The minimum Gasteiger partial charge on any atom is -0.389 e. The van der Waals surface area contributed by atoms with Crippen molar-refractivity contribution in [2.24, 2.45) is 5.92 Å². The summed E-state index contributed by atoms with van der Waals surface area (Å²) in [6, 6.07) is -0.393. The summed E-state index contributed by atoms with van der Waals surface area (Å²) in [7, 11) is 0. The maximum atomic E-state index is 13.0. The van der Waals surface area contributed by atoms with Gasteiger partial charge in [0.25, 0.3) is 0 Å². The van der Waals surface area contributed by atoms with E-state index < -0.39 is 11.6 Å². The molecule has 1 rings (SSSR count). The summed E-state index contributed by atoms with van der Waals surface area (Å²) in [4.78, 5) is 28.6. The van der Waals surface area contributed by atoms with Crippen LogP contribution in [0.25, 0.3) is 0 Å². The van der Waals surface area contributed by atoms with Crippen molar-refractivity contribution >= 4 is 11.8 Å². The van der Waals surface area contributed by atoms with Gasteiger partial charge in [0, 0.05) is 26.1 Å². The van der Waals surface area contributed by atoms with Crippen LogP contribution in [0, 0.1) is 5.92 Å². The average Bonchev–Trinajstić information content (AvgIpc) is 2.41. The molecule has 1 aliphatic heterocycles. The Morgan fingerprint density at radius 2 is 2.00 bits per heavy atom. The fraction of sp³-hybridized carbons (Fsp3) is 0.882. The van der Waals surface area contributed by atoms with Gasteiger partial charge >= 0.3 is 0 Å². The van der Waals surface area contributed by atoms with Crippen molar-refractivity contribution in [2.75, 3.05) is 19.6 Å². The standard InChI is InChI=1S/C17H32N2O3/c1-6-18(12-17(4,5)22)16(21)14(11-13(2)3)19-10-8-7-9-15(19)20/h13-14,22H,6-12H2,1-5H3. The number of likely N-dealkylation sites (N-methyl/N-ethyl adjacent to an activating group) is 1. The third-order valence-electron chi connectivity index (χ3n) is 3.99. The molecule has 5 heteroatoms. The summed E-state index contributed by atoms with van der Waals surface area (Å²) in [5.41, 5.74) is -0.931. The second-order valence-corrected chi connectivity index (χ2v) is 7.35. The lowest BCUT2D eigenvalue weighted by molar-refractivity contribution is -0.149. The first-order valence-electron chi connectivity index (χ1n) is 8.46. The number of hydrogen-bond donors (Lipinski definition) is 1. The summed E-state index contributed by atoms with van der Waals surface area (Å²) in [5, 5.41) is 10.0. The Bertz CT molecular complexity index is 388. The van der Waals surface area contributed by atoms with E-state index in [0.717, 1.165) is 12.8 Å². The van der Waals surface area contributed by atoms with E-state index in [1.807, 2.05) is 6.92 Å². The van der Waals surface area contributed by atoms with E-state index in [2.05, 4.69) is 13.8 Å². The molecule has 128 valence electrons. The van der Waals surface area contributed by atoms with Crippen LogP contribution in [-0.4, -0.2) is 58.0 Å². The smallest absolute Gasteiger partial charge is 0.245 e. The van der Waals surface area contributed by atoms with Crippen molar-refractivity contribution in [1.82, 2.24) is 9.80 Å². The zero-order valence-electron chi connectivity index (χ0n) is 14.8. The minimum atomic E-state index is -0.931. The van der Waals surface area contributed by atoms with Crippen LogP contribution in [0.15, 0.2) is 0 Å². The van der Waals surface area contributed by atoms with Crippen LogP contribution >= 0.6 is 0 Å². The van der Waals surface area contributed by atoms with E-state index in [1.54, 1.807) is 23.6 Å². The van der Waals surface area contributed by atoms with Gasteiger partial charge in [0.2, 0.25) is 11.8 Å². The predicted octanol–water partition coefficient (Wildman–Crippen LogP) is 2.03. The van der Waals surface area contributed by atoms with Gasteiger partial charge in [-0.25, -0.2) is 0 Å². The van der Waals surface area contributed by atoms with Crippen LogP contribution in [0.1, 0.15) is 60.3 Å². The zero-order chi connectivity index (χ0) is 16.9. The SMILES string of the molecule is CCN(CC(C)(C)O)C(=O)C(CC(C)C)N1CCCCC1=O. The van der Waals surface area contributed by atoms with Gasteiger partial charge in [-0.3, -0.25) is 9.59 Å². The number of hydrogen-bond acceptors (Lipinski definition) is 3. The van der Waals surface area contributed by atoms with Gasteiger partial charge in [0.05, 0.1) is 5.60 Å². The van der Waals surface area contributed by atoms with Gasteiger partial charge in [-0.15, -0.1) is 0 Å². The van der Waals surface area contributed by atoms with Gasteiger partial charge in [-0.05, 0) is 46.0 Å². The molecule has 1 aliphatic rings. The van der Waals surface area contributed by atoms with Crippen molar-refractivity contribution in [3.8, 4) is 0 Å². The topological polar surface area (TPSA) is 60.9 Å². The molecule has 1 unspecified atom stereocenters. The monoisotopic (exact) mass is 312 g/mol. The molecule has 0 aromatic rings. The molecule has 5 nitrogen and oxygen atoms in total. The zero-order valence-corrected chi connectivity index (χ0v) is 14.8. The number of nitrogens with zero attached hydrogens (tertiary/aromatic N) is 2. The third-order valence-corrected chi connectivity index (χ3v) is 3.99. The number of rotatable bonds is 7. The van der Waals surface area contributed by atoms with E-state index in [0.29, 0.717) is 38.4 Å². The van der Waals surface area contributed by atoms with Gasteiger partial charge in [-0.1, -0.05) is 13.8 Å². The lowest BCUT2D eigenvalue weighted by Gasteiger charge is -2.38. The van der Waals surface area contributed by atoms with Crippen LogP contribution in [0.4, 0.5) is 0 Å². The van der Waals surface area contributed by atoms with Crippen molar-refractivity contribution in [3.63, 3.8) is 0 Å². The van der Waals surface area contributed by atoms with Crippen LogP contribution in [0.5, 0.6) is 0 Å². The fourth-order valence-corrected chi connectivity index (χ4v) is 2.99. The Morgan fingerprint density at radius 1 is 1.36 bits per heavy atom. The summed E-state index contributed by atoms with van der Waals surface area (Å²) in [5.74, 6) is 0.391. The molecule has 22 heavy (non-hydrogen) atoms. The molecule has 1 heterocycles. The molecule has 0 aliphatic carbocycles. The van der Waals surface area contributed by atoms with Crippen LogP contribution in [0.3, 0.4) is 0 Å². The first-order valence-corrected chi connectivity index (χ1v) is 8.46. The molecule has 1 saturated heterocycles. The molecule has 0 spiro atoms. The summed E-state index contributed by atoms with van der Waals surface area (Å²) in [6.45, 7) is 11.0. The largest absolute Gasteiger partial charge is 0.389 e. The normalized spacial score (nSPS) is 17.8. The van der Waals surface area contributed by atoms with Crippen molar-refractivity contribution < 1.29 is 14.7 Å². The Labute approximate surface area is 134 Å². The predicted molar refractivity (Wildman–Crippen MR) is 87.4 cm³/mol. The number of piperidine rings is 1. The highest BCUT2D eigenvalue weighted by atomic mass is 16.3. The van der Waals surface area contributed by atoms with Gasteiger partial charge in [0.15, 0.2) is 0 Å². The van der Waals surface area contributed by atoms with Gasteiger partial charge < -0.3 is 14.9 Å². The van der Waals surface area contributed by atoms with E-state index in [-0.39, 0.29) is 11.8 Å². The Balaban J connectivity index is 2.93. The lowest BCUT2D eigenvalue weighted by atomic mass is 9.97. The highest BCUT2D eigenvalue weighted by Crippen LogP contribution is 2.21. The minimum absolute atomic E-state index is 0.0337.